The standard InChI is InChI=1S/C13H24N2O2/c1-6-14(7-2)12(16)10-11(5)13(17)15(8-3)9-4/h10H,6-9H2,1-5H3/b11-10+. The zero-order valence-electron chi connectivity index (χ0n) is 11.6. The number of hydrogen-bond acceptors (Lipinski definition) is 2. The van der Waals surface area contributed by atoms with Crippen molar-refractivity contribution in [2.75, 3.05) is 26.2 Å². The molecule has 0 unspecified atom stereocenters. The van der Waals surface area contributed by atoms with E-state index in [1.54, 1.807) is 16.7 Å². The molecule has 0 saturated heterocycles. The van der Waals surface area contributed by atoms with Gasteiger partial charge in [0, 0.05) is 37.8 Å². The first-order chi connectivity index (χ1) is 8.01. The highest BCUT2D eigenvalue weighted by atomic mass is 16.2. The molecule has 98 valence electrons. The van der Waals surface area contributed by atoms with Crippen LogP contribution in [0.25, 0.3) is 0 Å². The largest absolute Gasteiger partial charge is 0.340 e. The van der Waals surface area contributed by atoms with E-state index in [0.717, 1.165) is 0 Å². The molecule has 0 rings (SSSR count). The molecule has 0 heterocycles. The molecule has 4 nitrogen and oxygen atoms in total. The molecule has 0 aliphatic carbocycles. The maximum Gasteiger partial charge on any atom is 0.249 e. The fourth-order valence-corrected chi connectivity index (χ4v) is 1.63. The van der Waals surface area contributed by atoms with Crippen molar-refractivity contribution in [2.45, 2.75) is 34.6 Å². The number of carbonyl (C=O) groups excluding carboxylic acids is 2. The average molecular weight is 240 g/mol. The maximum absolute atomic E-state index is 11.9. The van der Waals surface area contributed by atoms with E-state index in [1.807, 2.05) is 27.7 Å². The second-order valence-corrected chi connectivity index (χ2v) is 3.82. The Balaban J connectivity index is 4.73. The minimum atomic E-state index is -0.0898. The summed E-state index contributed by atoms with van der Waals surface area (Å²) in [5, 5.41) is 0. The maximum atomic E-state index is 11.9. The summed E-state index contributed by atoms with van der Waals surface area (Å²) in [6.07, 6.45) is 1.44. The van der Waals surface area contributed by atoms with E-state index in [1.165, 1.54) is 6.08 Å². The molecule has 0 bridgehead atoms. The minimum absolute atomic E-state index is 0.0597. The molecule has 0 radical (unpaired) electrons. The van der Waals surface area contributed by atoms with E-state index in [2.05, 4.69) is 0 Å². The average Bonchev–Trinajstić information content (AvgIpc) is 2.31. The van der Waals surface area contributed by atoms with Crippen LogP contribution in [0.1, 0.15) is 34.6 Å². The van der Waals surface area contributed by atoms with Crippen LogP contribution < -0.4 is 0 Å². The van der Waals surface area contributed by atoms with Gasteiger partial charge in [0.1, 0.15) is 0 Å². The Morgan fingerprint density at radius 3 is 1.65 bits per heavy atom. The minimum Gasteiger partial charge on any atom is -0.340 e. The van der Waals surface area contributed by atoms with Crippen LogP contribution in [0.5, 0.6) is 0 Å². The van der Waals surface area contributed by atoms with Gasteiger partial charge in [-0.25, -0.2) is 0 Å². The van der Waals surface area contributed by atoms with Crippen molar-refractivity contribution in [1.82, 2.24) is 9.80 Å². The first-order valence-electron chi connectivity index (χ1n) is 6.28. The van der Waals surface area contributed by atoms with E-state index in [4.69, 9.17) is 0 Å². The van der Waals surface area contributed by atoms with Crippen molar-refractivity contribution in [1.29, 1.82) is 0 Å². The van der Waals surface area contributed by atoms with E-state index in [9.17, 15) is 9.59 Å². The van der Waals surface area contributed by atoms with Crippen molar-refractivity contribution >= 4 is 11.8 Å². The highest BCUT2D eigenvalue weighted by Gasteiger charge is 2.14. The summed E-state index contributed by atoms with van der Waals surface area (Å²) in [7, 11) is 0. The normalized spacial score (nSPS) is 11.2. The summed E-state index contributed by atoms with van der Waals surface area (Å²) < 4.78 is 0. The summed E-state index contributed by atoms with van der Waals surface area (Å²) in [6, 6.07) is 0. The van der Waals surface area contributed by atoms with E-state index in [-0.39, 0.29) is 11.8 Å². The second kappa shape index (κ2) is 7.87. The lowest BCUT2D eigenvalue weighted by Crippen LogP contribution is -2.33. The van der Waals surface area contributed by atoms with E-state index in [0.29, 0.717) is 31.8 Å². The van der Waals surface area contributed by atoms with Crippen LogP contribution in [0.3, 0.4) is 0 Å². The Morgan fingerprint density at radius 1 is 0.882 bits per heavy atom. The van der Waals surface area contributed by atoms with E-state index < -0.39 is 0 Å². The topological polar surface area (TPSA) is 40.6 Å². The molecule has 2 amide bonds. The second-order valence-electron chi connectivity index (χ2n) is 3.82. The number of amides is 2. The molecule has 0 fully saturated rings. The molecule has 0 N–H and O–H groups in total. The Bertz CT molecular complexity index is 290. The van der Waals surface area contributed by atoms with Gasteiger partial charge in [0.2, 0.25) is 11.8 Å². The predicted molar refractivity (Wildman–Crippen MR) is 69.6 cm³/mol. The zero-order chi connectivity index (χ0) is 13.4. The summed E-state index contributed by atoms with van der Waals surface area (Å²) >= 11 is 0. The predicted octanol–water partition coefficient (Wildman–Crippen LogP) is 1.67. The Hall–Kier alpha value is -1.32. The van der Waals surface area contributed by atoms with Gasteiger partial charge in [0.05, 0.1) is 0 Å². The van der Waals surface area contributed by atoms with Gasteiger partial charge in [-0.15, -0.1) is 0 Å². The van der Waals surface area contributed by atoms with Crippen LogP contribution in [0.2, 0.25) is 0 Å². The summed E-state index contributed by atoms with van der Waals surface area (Å²) in [5.41, 5.74) is 0.505. The molecule has 0 aromatic rings. The Kier molecular flexibility index (Phi) is 7.26. The van der Waals surface area contributed by atoms with Crippen molar-refractivity contribution in [3.05, 3.63) is 11.6 Å². The highest BCUT2D eigenvalue weighted by Crippen LogP contribution is 2.03. The quantitative estimate of drug-likeness (QED) is 0.663. The molecule has 0 aliphatic rings. The molecular formula is C13H24N2O2. The smallest absolute Gasteiger partial charge is 0.249 e. The number of likely N-dealkylation sites (N-methyl/N-ethyl adjacent to an activating group) is 2. The first-order valence-corrected chi connectivity index (χ1v) is 6.28. The van der Waals surface area contributed by atoms with Gasteiger partial charge in [-0.3, -0.25) is 9.59 Å². The summed E-state index contributed by atoms with van der Waals surface area (Å²) in [4.78, 5) is 27.1. The molecule has 0 spiro atoms. The summed E-state index contributed by atoms with van der Waals surface area (Å²) in [5.74, 6) is -0.150. The molecular weight excluding hydrogens is 216 g/mol. The fourth-order valence-electron chi connectivity index (χ4n) is 1.63. The van der Waals surface area contributed by atoms with Crippen LogP contribution in [-0.4, -0.2) is 47.8 Å². The van der Waals surface area contributed by atoms with Gasteiger partial charge < -0.3 is 9.80 Å². The van der Waals surface area contributed by atoms with Gasteiger partial charge in [-0.2, -0.15) is 0 Å². The van der Waals surface area contributed by atoms with Gasteiger partial charge in [0.15, 0.2) is 0 Å². The van der Waals surface area contributed by atoms with Crippen molar-refractivity contribution in [3.63, 3.8) is 0 Å². The lowest BCUT2D eigenvalue weighted by Gasteiger charge is -2.20. The molecule has 0 saturated carbocycles. The van der Waals surface area contributed by atoms with Crippen LogP contribution in [0.4, 0.5) is 0 Å². The number of hydrogen-bond donors (Lipinski definition) is 0. The third kappa shape index (κ3) is 4.59. The Labute approximate surface area is 104 Å². The first kappa shape index (κ1) is 15.7. The van der Waals surface area contributed by atoms with E-state index >= 15 is 0 Å². The summed E-state index contributed by atoms with van der Waals surface area (Å²) in [6.45, 7) is 12.1. The zero-order valence-corrected chi connectivity index (χ0v) is 11.6. The van der Waals surface area contributed by atoms with Gasteiger partial charge in [0.25, 0.3) is 0 Å². The molecule has 17 heavy (non-hydrogen) atoms. The van der Waals surface area contributed by atoms with Gasteiger partial charge in [-0.05, 0) is 34.6 Å². The third-order valence-electron chi connectivity index (χ3n) is 2.80. The lowest BCUT2D eigenvalue weighted by atomic mass is 10.2. The monoisotopic (exact) mass is 240 g/mol. The molecule has 0 aliphatic heterocycles. The molecule has 0 aromatic heterocycles. The molecule has 0 aromatic carbocycles. The van der Waals surface area contributed by atoms with Crippen molar-refractivity contribution < 1.29 is 9.59 Å². The lowest BCUT2D eigenvalue weighted by molar-refractivity contribution is -0.128. The van der Waals surface area contributed by atoms with Crippen molar-refractivity contribution in [3.8, 4) is 0 Å². The number of carbonyl (C=O) groups is 2. The van der Waals surface area contributed by atoms with Crippen LogP contribution in [0.15, 0.2) is 11.6 Å². The van der Waals surface area contributed by atoms with Crippen LogP contribution in [-0.2, 0) is 9.59 Å². The van der Waals surface area contributed by atoms with Crippen molar-refractivity contribution in [2.24, 2.45) is 0 Å². The Morgan fingerprint density at radius 2 is 1.29 bits per heavy atom. The number of rotatable bonds is 6. The highest BCUT2D eigenvalue weighted by molar-refractivity contribution is 6.00. The van der Waals surface area contributed by atoms with Crippen LogP contribution >= 0.6 is 0 Å². The number of nitrogens with zero attached hydrogens (tertiary/aromatic N) is 2. The molecule has 0 atom stereocenters. The van der Waals surface area contributed by atoms with Crippen LogP contribution in [0, 0.1) is 0 Å². The third-order valence-corrected chi connectivity index (χ3v) is 2.80. The molecule has 4 heteroatoms. The van der Waals surface area contributed by atoms with Gasteiger partial charge >= 0.3 is 0 Å². The SMILES string of the molecule is CCN(CC)C(=O)/C=C(\C)C(=O)N(CC)CC. The van der Waals surface area contributed by atoms with Gasteiger partial charge in [-0.1, -0.05) is 0 Å². The fraction of sp³-hybridized carbons (Fsp3) is 0.692.